The van der Waals surface area contributed by atoms with E-state index in [2.05, 4.69) is 42.6 Å². The van der Waals surface area contributed by atoms with E-state index < -0.39 is 11.9 Å². The van der Waals surface area contributed by atoms with E-state index in [1.54, 1.807) is 21.7 Å². The average molecular weight is 930 g/mol. The highest BCUT2D eigenvalue weighted by molar-refractivity contribution is 6.35. The lowest BCUT2D eigenvalue weighted by Crippen LogP contribution is -2.59. The molecule has 0 bridgehead atoms. The maximum absolute atomic E-state index is 13.3. The van der Waals surface area contributed by atoms with Crippen molar-refractivity contribution in [2.75, 3.05) is 61.5 Å². The fraction of sp³-hybridized carbons (Fsp3) is 0.500. The van der Waals surface area contributed by atoms with Crippen molar-refractivity contribution in [2.24, 2.45) is 0 Å². The molecule has 2 aromatic carbocycles. The number of likely N-dealkylation sites (N-methyl/N-ethyl adjacent to an activating group) is 1. The third kappa shape index (κ3) is 8.95. The minimum absolute atomic E-state index is 0.0900. The van der Waals surface area contributed by atoms with E-state index in [1.807, 2.05) is 44.2 Å². The van der Waals surface area contributed by atoms with Crippen LogP contribution in [-0.2, 0) is 25.7 Å². The molecule has 17 nitrogen and oxygen atoms in total. The van der Waals surface area contributed by atoms with Crippen molar-refractivity contribution in [2.45, 2.75) is 102 Å². The molecule has 344 valence electrons. The SMILES string of the molecule is CNC(=O)COc1cc2cc(Nc3nc(N4CCC(OC5CC(N6CCN(c7ccc8c(c7Cl)CN([C@@H]7CCC(=O)NC7=O)C8=O)[C@H](C)C6)C5)CC4)ncc3Cl)ccc2n(C(C)C)c1=O. The minimum Gasteiger partial charge on any atom is -0.478 e. The first-order valence-electron chi connectivity index (χ1n) is 22.5. The molecule has 4 aliphatic heterocycles. The van der Waals surface area contributed by atoms with E-state index in [1.165, 1.54) is 7.05 Å². The zero-order chi connectivity index (χ0) is 45.7. The zero-order valence-corrected chi connectivity index (χ0v) is 38.5. The Morgan fingerprint density at radius 3 is 2.48 bits per heavy atom. The van der Waals surface area contributed by atoms with Gasteiger partial charge < -0.3 is 39.4 Å². The number of hydrogen-bond acceptors (Lipinski definition) is 13. The quantitative estimate of drug-likeness (QED) is 0.161. The molecule has 5 aliphatic rings. The molecule has 2 atom stereocenters. The number of rotatable bonds is 12. The number of anilines is 4. The number of carbonyl (C=O) groups is 4. The third-order valence-electron chi connectivity index (χ3n) is 13.4. The summed E-state index contributed by atoms with van der Waals surface area (Å²) in [7, 11) is 1.51. The number of piperazine rings is 1. The summed E-state index contributed by atoms with van der Waals surface area (Å²) in [4.78, 5) is 80.7. The molecule has 4 aromatic rings. The fourth-order valence-electron chi connectivity index (χ4n) is 9.86. The Labute approximate surface area is 386 Å². The van der Waals surface area contributed by atoms with Gasteiger partial charge in [-0.1, -0.05) is 23.2 Å². The number of pyridine rings is 1. The van der Waals surface area contributed by atoms with Crippen LogP contribution in [0, 0.1) is 0 Å². The highest BCUT2D eigenvalue weighted by Crippen LogP contribution is 2.40. The second kappa shape index (κ2) is 18.4. The number of piperidine rings is 2. The van der Waals surface area contributed by atoms with Gasteiger partial charge in [-0.3, -0.25) is 34.2 Å². The molecule has 0 unspecified atom stereocenters. The molecule has 0 radical (unpaired) electrons. The summed E-state index contributed by atoms with van der Waals surface area (Å²) < 4.78 is 13.9. The molecule has 65 heavy (non-hydrogen) atoms. The molecule has 3 N–H and O–H groups in total. The normalized spacial score (nSPS) is 22.9. The highest BCUT2D eigenvalue weighted by atomic mass is 35.5. The molecule has 2 aromatic heterocycles. The van der Waals surface area contributed by atoms with E-state index >= 15 is 0 Å². The number of benzene rings is 2. The number of nitrogens with zero attached hydrogens (tertiary/aromatic N) is 7. The summed E-state index contributed by atoms with van der Waals surface area (Å²) in [6.45, 7) is 10.1. The number of aromatic nitrogens is 3. The van der Waals surface area contributed by atoms with Crippen molar-refractivity contribution in [3.05, 3.63) is 74.1 Å². The summed E-state index contributed by atoms with van der Waals surface area (Å²) in [6.07, 6.45) is 6.21. The maximum atomic E-state index is 13.3. The molecular formula is C46H54Cl2N10O7. The van der Waals surface area contributed by atoms with Crippen molar-refractivity contribution in [3.8, 4) is 5.75 Å². The molecule has 9 rings (SSSR count). The van der Waals surface area contributed by atoms with Crippen LogP contribution in [0.2, 0.25) is 10.0 Å². The fourth-order valence-corrected chi connectivity index (χ4v) is 10.3. The summed E-state index contributed by atoms with van der Waals surface area (Å²) in [5, 5.41) is 9.87. The van der Waals surface area contributed by atoms with Gasteiger partial charge in [0.15, 0.2) is 18.2 Å². The Morgan fingerprint density at radius 1 is 0.969 bits per heavy atom. The Hall–Kier alpha value is -5.49. The van der Waals surface area contributed by atoms with Gasteiger partial charge in [-0.2, -0.15) is 4.98 Å². The lowest BCUT2D eigenvalue weighted by atomic mass is 9.86. The van der Waals surface area contributed by atoms with Crippen LogP contribution >= 0.6 is 23.2 Å². The second-order valence-corrected chi connectivity index (χ2v) is 18.7. The predicted octanol–water partition coefficient (Wildman–Crippen LogP) is 5.04. The van der Waals surface area contributed by atoms with Crippen molar-refractivity contribution in [3.63, 3.8) is 0 Å². The predicted molar refractivity (Wildman–Crippen MR) is 247 cm³/mol. The van der Waals surface area contributed by atoms with Gasteiger partial charge in [0, 0.05) is 93.1 Å². The molecule has 3 saturated heterocycles. The van der Waals surface area contributed by atoms with Gasteiger partial charge in [0.05, 0.1) is 34.6 Å². The second-order valence-electron chi connectivity index (χ2n) is 17.9. The standard InChI is InChI=1S/C46H54Cl2N10O7/c1-25(2)58-35-7-5-28(17-27(35)18-38(45(58)63)64-24-40(60)49-4)51-42-34(47)21-50-46(53-42)54-13-11-30(12-14-54)65-31-19-29(20-31)55-15-16-56(26(3)22-55)36-8-6-32-33(41(36)48)23-57(44(32)62)37-9-10-39(59)52-43(37)61/h5-8,17-18,21,25-26,29-31,37H,9-16,19-20,22-24H2,1-4H3,(H,49,60)(H,50,51,53)(H,52,59,61)/t26-,29?,31?,37-/m1/s1. The van der Waals surface area contributed by atoms with Crippen molar-refractivity contribution < 1.29 is 28.7 Å². The first kappa shape index (κ1) is 44.7. The van der Waals surface area contributed by atoms with E-state index in [0.717, 1.165) is 80.6 Å². The van der Waals surface area contributed by atoms with Crippen molar-refractivity contribution in [1.29, 1.82) is 0 Å². The van der Waals surface area contributed by atoms with Crippen LogP contribution in [0.4, 0.5) is 23.1 Å². The average Bonchev–Trinajstić information content (AvgIpc) is 3.61. The van der Waals surface area contributed by atoms with Crippen LogP contribution in [0.15, 0.2) is 47.4 Å². The maximum Gasteiger partial charge on any atom is 0.293 e. The summed E-state index contributed by atoms with van der Waals surface area (Å²) in [5.41, 5.74) is 3.29. The summed E-state index contributed by atoms with van der Waals surface area (Å²) in [6, 6.07) is 10.9. The van der Waals surface area contributed by atoms with Crippen LogP contribution in [0.1, 0.15) is 81.3 Å². The van der Waals surface area contributed by atoms with Gasteiger partial charge >= 0.3 is 0 Å². The largest absolute Gasteiger partial charge is 0.478 e. The van der Waals surface area contributed by atoms with Crippen LogP contribution in [-0.4, -0.2) is 125 Å². The number of carbonyl (C=O) groups excluding carboxylic acids is 4. The number of fused-ring (bicyclic) bond motifs is 2. The minimum atomic E-state index is -0.680. The molecule has 6 heterocycles. The third-order valence-corrected chi connectivity index (χ3v) is 14.1. The number of nitrogens with one attached hydrogen (secondary N) is 3. The molecule has 1 saturated carbocycles. The summed E-state index contributed by atoms with van der Waals surface area (Å²) >= 11 is 13.6. The number of amides is 4. The smallest absolute Gasteiger partial charge is 0.293 e. The van der Waals surface area contributed by atoms with Crippen molar-refractivity contribution >= 4 is 80.9 Å². The molecule has 1 aliphatic carbocycles. The molecule has 4 fully saturated rings. The topological polar surface area (TPSA) is 184 Å². The molecule has 4 amide bonds. The van der Waals surface area contributed by atoms with Crippen LogP contribution in [0.3, 0.4) is 0 Å². The van der Waals surface area contributed by atoms with Crippen LogP contribution < -0.4 is 36.0 Å². The van der Waals surface area contributed by atoms with Gasteiger partial charge in [0.1, 0.15) is 11.1 Å². The van der Waals surface area contributed by atoms with Gasteiger partial charge in [-0.15, -0.1) is 0 Å². The lowest BCUT2D eigenvalue weighted by Gasteiger charge is -2.50. The van der Waals surface area contributed by atoms with E-state index in [4.69, 9.17) is 37.7 Å². The Kier molecular flexibility index (Phi) is 12.7. The van der Waals surface area contributed by atoms with Crippen LogP contribution in [0.5, 0.6) is 5.75 Å². The molecule has 0 spiro atoms. The van der Waals surface area contributed by atoms with Gasteiger partial charge in [0.25, 0.3) is 17.4 Å². The number of imide groups is 1. The number of hydrogen-bond donors (Lipinski definition) is 3. The van der Waals surface area contributed by atoms with Gasteiger partial charge in [0.2, 0.25) is 17.8 Å². The Bertz CT molecular complexity index is 2600. The highest BCUT2D eigenvalue weighted by Gasteiger charge is 2.42. The van der Waals surface area contributed by atoms with E-state index in [9.17, 15) is 24.0 Å². The summed E-state index contributed by atoms with van der Waals surface area (Å²) in [5.74, 6) is -0.173. The van der Waals surface area contributed by atoms with E-state index in [0.29, 0.717) is 45.5 Å². The van der Waals surface area contributed by atoms with Gasteiger partial charge in [-0.25, -0.2) is 4.98 Å². The molecular weight excluding hydrogens is 875 g/mol. The first-order valence-corrected chi connectivity index (χ1v) is 23.2. The van der Waals surface area contributed by atoms with Crippen molar-refractivity contribution in [1.82, 2.24) is 35.0 Å². The van der Waals surface area contributed by atoms with E-state index in [-0.39, 0.29) is 72.9 Å². The Morgan fingerprint density at radius 2 is 1.75 bits per heavy atom. The van der Waals surface area contributed by atoms with Gasteiger partial charge in [-0.05, 0) is 89.3 Å². The monoisotopic (exact) mass is 928 g/mol. The first-order chi connectivity index (χ1) is 31.3. The number of halogens is 2. The number of ether oxygens (including phenoxy) is 2. The lowest BCUT2D eigenvalue weighted by molar-refractivity contribution is -0.137. The van der Waals surface area contributed by atoms with Crippen LogP contribution in [0.25, 0.3) is 10.9 Å². The zero-order valence-electron chi connectivity index (χ0n) is 36.9. The molecule has 19 heteroatoms. The Balaban J connectivity index is 0.756.